The average Bonchev–Trinajstić information content (AvgIpc) is 3.03. The van der Waals surface area contributed by atoms with Gasteiger partial charge in [-0.1, -0.05) is 20.8 Å². The van der Waals surface area contributed by atoms with Crippen molar-refractivity contribution >= 4 is 0 Å². The molecule has 0 aromatic heterocycles. The van der Waals surface area contributed by atoms with Gasteiger partial charge in [0, 0.05) is 0 Å². The molecule has 186 valence electrons. The minimum absolute atomic E-state index is 0.201. The lowest BCUT2D eigenvalue weighted by atomic mass is 9.43. The van der Waals surface area contributed by atoms with E-state index in [9.17, 15) is 23.4 Å². The van der Waals surface area contributed by atoms with Crippen molar-refractivity contribution in [3.63, 3.8) is 0 Å². The first-order valence-corrected chi connectivity index (χ1v) is 13.1. The first kappa shape index (κ1) is 24.8. The molecular formula is C27H45F3O2. The molecule has 2 nitrogen and oxygen atoms in total. The maximum absolute atomic E-state index is 13.1. The molecule has 0 aliphatic heterocycles. The highest BCUT2D eigenvalue weighted by atomic mass is 19.4. The van der Waals surface area contributed by atoms with Crippen LogP contribution < -0.4 is 0 Å². The second kappa shape index (κ2) is 7.86. The zero-order chi connectivity index (χ0) is 23.7. The predicted molar refractivity (Wildman–Crippen MR) is 121 cm³/mol. The molecule has 0 bridgehead atoms. The van der Waals surface area contributed by atoms with E-state index < -0.39 is 17.4 Å². The second-order valence-corrected chi connectivity index (χ2v) is 13.4. The second-order valence-electron chi connectivity index (χ2n) is 13.4. The van der Waals surface area contributed by atoms with Crippen LogP contribution in [0.3, 0.4) is 0 Å². The van der Waals surface area contributed by atoms with E-state index in [4.69, 9.17) is 0 Å². The van der Waals surface area contributed by atoms with Gasteiger partial charge in [0.05, 0.1) is 5.60 Å². The van der Waals surface area contributed by atoms with Crippen molar-refractivity contribution in [1.82, 2.24) is 0 Å². The Balaban J connectivity index is 1.46. The van der Waals surface area contributed by atoms with Crippen molar-refractivity contribution in [2.75, 3.05) is 0 Å². The summed E-state index contributed by atoms with van der Waals surface area (Å²) in [7, 11) is 0. The molecule has 4 saturated carbocycles. The summed E-state index contributed by atoms with van der Waals surface area (Å²) in [5.41, 5.74) is -2.55. The van der Waals surface area contributed by atoms with Crippen molar-refractivity contribution in [2.45, 2.75) is 123 Å². The smallest absolute Gasteiger partial charge is 0.390 e. The number of alkyl halides is 3. The molecule has 0 spiro atoms. The summed E-state index contributed by atoms with van der Waals surface area (Å²) in [6.07, 6.45) is 5.85. The van der Waals surface area contributed by atoms with Gasteiger partial charge in [-0.25, -0.2) is 0 Å². The molecule has 2 N–H and O–H groups in total. The highest BCUT2D eigenvalue weighted by Crippen LogP contribution is 2.69. The summed E-state index contributed by atoms with van der Waals surface area (Å²) < 4.78 is 39.4. The Kier molecular flexibility index (Phi) is 6.10. The van der Waals surface area contributed by atoms with E-state index in [-0.39, 0.29) is 17.8 Å². The first-order chi connectivity index (χ1) is 14.6. The first-order valence-electron chi connectivity index (χ1n) is 13.1. The summed E-state index contributed by atoms with van der Waals surface area (Å²) >= 11 is 0. The molecule has 4 aliphatic carbocycles. The number of aliphatic hydroxyl groups is 2. The quantitative estimate of drug-likeness (QED) is 0.471. The van der Waals surface area contributed by atoms with Gasteiger partial charge in [-0.05, 0) is 131 Å². The highest BCUT2D eigenvalue weighted by molar-refractivity contribution is 5.10. The minimum Gasteiger partial charge on any atom is -0.390 e. The Morgan fingerprint density at radius 1 is 0.906 bits per heavy atom. The molecule has 4 fully saturated rings. The fourth-order valence-electron chi connectivity index (χ4n) is 9.26. The Morgan fingerprint density at radius 2 is 1.56 bits per heavy atom. The SMILES string of the molecule is CC(CCC(C)(O)C(F)(F)F)C1CCC2C3CCC4CC(C)(O)CCC4(C)C3CCC12C. The van der Waals surface area contributed by atoms with Gasteiger partial charge >= 0.3 is 6.18 Å². The van der Waals surface area contributed by atoms with Crippen LogP contribution in [0.15, 0.2) is 0 Å². The molecule has 32 heavy (non-hydrogen) atoms. The maximum atomic E-state index is 13.1. The molecule has 0 heterocycles. The normalized spacial score (nSPS) is 49.5. The lowest BCUT2D eigenvalue weighted by Gasteiger charge is -2.62. The van der Waals surface area contributed by atoms with Crippen LogP contribution in [0.5, 0.6) is 0 Å². The van der Waals surface area contributed by atoms with E-state index in [1.54, 1.807) is 0 Å². The summed E-state index contributed by atoms with van der Waals surface area (Å²) in [5.74, 6) is 3.42. The fraction of sp³-hybridized carbons (Fsp3) is 1.00. The predicted octanol–water partition coefficient (Wildman–Crippen LogP) is 7.13. The molecule has 4 aliphatic rings. The van der Waals surface area contributed by atoms with E-state index in [0.717, 1.165) is 44.4 Å². The van der Waals surface area contributed by atoms with Gasteiger partial charge in [-0.15, -0.1) is 0 Å². The molecule has 0 amide bonds. The van der Waals surface area contributed by atoms with Crippen LogP contribution in [0.25, 0.3) is 0 Å². The minimum atomic E-state index is -4.56. The molecule has 10 unspecified atom stereocenters. The van der Waals surface area contributed by atoms with E-state index in [0.29, 0.717) is 29.6 Å². The van der Waals surface area contributed by atoms with Crippen LogP contribution in [0, 0.1) is 46.3 Å². The highest BCUT2D eigenvalue weighted by Gasteiger charge is 2.61. The van der Waals surface area contributed by atoms with Gasteiger partial charge in [-0.2, -0.15) is 13.2 Å². The largest absolute Gasteiger partial charge is 0.416 e. The molecule has 4 rings (SSSR count). The third kappa shape index (κ3) is 3.95. The van der Waals surface area contributed by atoms with Gasteiger partial charge < -0.3 is 10.2 Å². The molecular weight excluding hydrogens is 413 g/mol. The topological polar surface area (TPSA) is 40.5 Å². The molecule has 0 aromatic carbocycles. The molecule has 0 aromatic rings. The number of halogens is 3. The van der Waals surface area contributed by atoms with Gasteiger partial charge in [0.2, 0.25) is 0 Å². The summed E-state index contributed by atoms with van der Waals surface area (Å²) in [4.78, 5) is 0. The van der Waals surface area contributed by atoms with Gasteiger partial charge in [-0.3, -0.25) is 0 Å². The monoisotopic (exact) mass is 458 g/mol. The van der Waals surface area contributed by atoms with Crippen LogP contribution in [0.4, 0.5) is 13.2 Å². The molecule has 0 saturated heterocycles. The molecule has 5 heteroatoms. The lowest BCUT2D eigenvalue weighted by Crippen LogP contribution is -2.55. The van der Waals surface area contributed by atoms with Crippen molar-refractivity contribution in [3.8, 4) is 0 Å². The summed E-state index contributed by atoms with van der Waals surface area (Å²) in [6.45, 7) is 9.99. The summed E-state index contributed by atoms with van der Waals surface area (Å²) in [5, 5.41) is 20.6. The number of hydrogen-bond acceptors (Lipinski definition) is 2. The van der Waals surface area contributed by atoms with Crippen molar-refractivity contribution < 1.29 is 23.4 Å². The maximum Gasteiger partial charge on any atom is 0.416 e. The van der Waals surface area contributed by atoms with Gasteiger partial charge in [0.25, 0.3) is 0 Å². The standard InChI is InChI=1S/C27H45F3O2/c1-17(10-13-26(5,32)27(28,29)30)20-8-9-21-19-7-6-18-16-23(2,31)14-15-24(18,3)22(19)11-12-25(20,21)4/h17-22,31-32H,6-16H2,1-5H3. The van der Waals surface area contributed by atoms with Crippen LogP contribution in [0.2, 0.25) is 0 Å². The van der Waals surface area contributed by atoms with Crippen molar-refractivity contribution in [2.24, 2.45) is 46.3 Å². The van der Waals surface area contributed by atoms with E-state index >= 15 is 0 Å². The number of hydrogen-bond donors (Lipinski definition) is 2. The zero-order valence-corrected chi connectivity index (χ0v) is 20.8. The van der Waals surface area contributed by atoms with E-state index in [2.05, 4.69) is 20.8 Å². The third-order valence-electron chi connectivity index (χ3n) is 11.4. The number of fused-ring (bicyclic) bond motifs is 5. The number of rotatable bonds is 4. The van der Waals surface area contributed by atoms with Gasteiger partial charge in [0.1, 0.15) is 0 Å². The fourth-order valence-corrected chi connectivity index (χ4v) is 9.26. The van der Waals surface area contributed by atoms with Crippen LogP contribution in [-0.2, 0) is 0 Å². The average molecular weight is 459 g/mol. The molecule has 0 radical (unpaired) electrons. The van der Waals surface area contributed by atoms with E-state index in [1.807, 2.05) is 6.92 Å². The Labute approximate surface area is 192 Å². The third-order valence-corrected chi connectivity index (χ3v) is 11.4. The Bertz CT molecular complexity index is 702. The Hall–Kier alpha value is -0.290. The van der Waals surface area contributed by atoms with Crippen LogP contribution in [-0.4, -0.2) is 27.6 Å². The van der Waals surface area contributed by atoms with E-state index in [1.165, 1.54) is 32.1 Å². The van der Waals surface area contributed by atoms with Gasteiger partial charge in [0.15, 0.2) is 5.60 Å². The molecule has 10 atom stereocenters. The Morgan fingerprint density at radius 3 is 2.22 bits per heavy atom. The van der Waals surface area contributed by atoms with Crippen molar-refractivity contribution in [3.05, 3.63) is 0 Å². The van der Waals surface area contributed by atoms with Crippen molar-refractivity contribution in [1.29, 1.82) is 0 Å². The van der Waals surface area contributed by atoms with Crippen LogP contribution >= 0.6 is 0 Å². The summed E-state index contributed by atoms with van der Waals surface area (Å²) in [6, 6.07) is 0. The zero-order valence-electron chi connectivity index (χ0n) is 20.8. The van der Waals surface area contributed by atoms with Crippen LogP contribution in [0.1, 0.15) is 105 Å². The lowest BCUT2D eigenvalue weighted by molar-refractivity contribution is -0.256.